The summed E-state index contributed by atoms with van der Waals surface area (Å²) >= 11 is 0. The van der Waals surface area contributed by atoms with E-state index in [4.69, 9.17) is 0 Å². The molecule has 2 heterocycles. The predicted molar refractivity (Wildman–Crippen MR) is 109 cm³/mol. The third-order valence-electron chi connectivity index (χ3n) is 5.15. The van der Waals surface area contributed by atoms with E-state index in [1.165, 1.54) is 30.6 Å². The van der Waals surface area contributed by atoms with Gasteiger partial charge >= 0.3 is 6.18 Å². The van der Waals surface area contributed by atoms with Gasteiger partial charge in [0.25, 0.3) is 5.91 Å². The van der Waals surface area contributed by atoms with Crippen LogP contribution in [0.25, 0.3) is 11.4 Å². The summed E-state index contributed by atoms with van der Waals surface area (Å²) < 4.78 is 39.6. The van der Waals surface area contributed by atoms with E-state index in [0.717, 1.165) is 6.07 Å². The number of nitrogens with one attached hydrogen (secondary N) is 1. The number of aromatic nitrogens is 2. The van der Waals surface area contributed by atoms with Crippen LogP contribution in [0, 0.1) is 5.41 Å². The Labute approximate surface area is 178 Å². The Morgan fingerprint density at radius 3 is 2.16 bits per heavy atom. The van der Waals surface area contributed by atoms with Crippen LogP contribution in [0.5, 0.6) is 0 Å². The largest absolute Gasteiger partial charge is 0.417 e. The number of likely N-dealkylation sites (tertiary alicyclic amines) is 1. The first-order valence-electron chi connectivity index (χ1n) is 10.1. The van der Waals surface area contributed by atoms with Crippen molar-refractivity contribution in [3.05, 3.63) is 47.8 Å². The number of alkyl halides is 3. The number of carbonyl (C=O) groups excluding carboxylic acids is 2. The average molecular weight is 434 g/mol. The lowest BCUT2D eigenvalue weighted by Gasteiger charge is -2.36. The Hall–Kier alpha value is -2.97. The molecule has 1 aromatic carbocycles. The van der Waals surface area contributed by atoms with Gasteiger partial charge in [0.1, 0.15) is 0 Å². The van der Waals surface area contributed by atoms with E-state index in [9.17, 15) is 22.8 Å². The molecule has 0 radical (unpaired) electrons. The Kier molecular flexibility index (Phi) is 6.33. The summed E-state index contributed by atoms with van der Waals surface area (Å²) in [6, 6.07) is 4.95. The zero-order chi connectivity index (χ0) is 22.8. The Morgan fingerprint density at radius 1 is 1.03 bits per heavy atom. The molecule has 166 valence electrons. The molecule has 31 heavy (non-hydrogen) atoms. The van der Waals surface area contributed by atoms with Crippen LogP contribution in [0.2, 0.25) is 0 Å². The molecule has 0 atom stereocenters. The lowest BCUT2D eigenvalue weighted by atomic mass is 9.93. The topological polar surface area (TPSA) is 75.2 Å². The minimum absolute atomic E-state index is 0.0837. The normalized spacial score (nSPS) is 15.6. The van der Waals surface area contributed by atoms with Crippen molar-refractivity contribution in [3.63, 3.8) is 0 Å². The van der Waals surface area contributed by atoms with E-state index in [1.54, 1.807) is 4.90 Å². The molecule has 0 bridgehead atoms. The number of benzene rings is 1. The number of carbonyl (C=O) groups is 2. The molecule has 0 aliphatic carbocycles. The van der Waals surface area contributed by atoms with Gasteiger partial charge in [0.15, 0.2) is 5.82 Å². The average Bonchev–Trinajstić information content (AvgIpc) is 2.72. The molecule has 1 aromatic heterocycles. The second-order valence-corrected chi connectivity index (χ2v) is 8.63. The quantitative estimate of drug-likeness (QED) is 0.794. The molecule has 3 rings (SSSR count). The second kappa shape index (κ2) is 8.64. The number of nitrogens with zero attached hydrogens (tertiary/aromatic N) is 3. The van der Waals surface area contributed by atoms with E-state index in [2.05, 4.69) is 15.3 Å². The third-order valence-corrected chi connectivity index (χ3v) is 5.15. The van der Waals surface area contributed by atoms with Gasteiger partial charge in [0.2, 0.25) is 5.91 Å². The second-order valence-electron chi connectivity index (χ2n) is 8.63. The van der Waals surface area contributed by atoms with Crippen LogP contribution in [0.15, 0.2) is 36.7 Å². The van der Waals surface area contributed by atoms with E-state index >= 15 is 0 Å². The SMILES string of the molecule is CC(C)(C)C(=O)N1CCC(NC(=O)c2cnc(-c3ccccc3C(F)(F)F)nc2)CC1. The summed E-state index contributed by atoms with van der Waals surface area (Å²) in [4.78, 5) is 34.6. The van der Waals surface area contributed by atoms with E-state index in [-0.39, 0.29) is 28.9 Å². The van der Waals surface area contributed by atoms with Crippen molar-refractivity contribution in [1.29, 1.82) is 0 Å². The molecular formula is C22H25F3N4O2. The number of rotatable bonds is 3. The van der Waals surface area contributed by atoms with Gasteiger partial charge < -0.3 is 10.2 Å². The highest BCUT2D eigenvalue weighted by Gasteiger charge is 2.34. The van der Waals surface area contributed by atoms with Gasteiger partial charge in [-0.15, -0.1) is 0 Å². The molecule has 0 unspecified atom stereocenters. The highest BCUT2D eigenvalue weighted by Crippen LogP contribution is 2.35. The van der Waals surface area contributed by atoms with Crippen molar-refractivity contribution in [2.24, 2.45) is 5.41 Å². The molecule has 0 saturated carbocycles. The Bertz CT molecular complexity index is 944. The minimum Gasteiger partial charge on any atom is -0.349 e. The molecule has 9 heteroatoms. The van der Waals surface area contributed by atoms with Gasteiger partial charge in [0.05, 0.1) is 11.1 Å². The van der Waals surface area contributed by atoms with Crippen LogP contribution in [-0.4, -0.2) is 45.8 Å². The van der Waals surface area contributed by atoms with E-state index < -0.39 is 23.1 Å². The number of halogens is 3. The van der Waals surface area contributed by atoms with Crippen molar-refractivity contribution in [3.8, 4) is 11.4 Å². The molecule has 1 aliphatic rings. The number of hydrogen-bond acceptors (Lipinski definition) is 4. The van der Waals surface area contributed by atoms with Gasteiger partial charge in [0, 0.05) is 42.5 Å². The van der Waals surface area contributed by atoms with Crippen molar-refractivity contribution in [2.45, 2.75) is 45.8 Å². The zero-order valence-electron chi connectivity index (χ0n) is 17.7. The molecule has 6 nitrogen and oxygen atoms in total. The molecule has 2 amide bonds. The first kappa shape index (κ1) is 22.7. The summed E-state index contributed by atoms with van der Waals surface area (Å²) in [6.45, 7) is 6.75. The fourth-order valence-corrected chi connectivity index (χ4v) is 3.48. The van der Waals surface area contributed by atoms with Gasteiger partial charge in [-0.05, 0) is 18.9 Å². The van der Waals surface area contributed by atoms with Crippen LogP contribution in [0.4, 0.5) is 13.2 Å². The van der Waals surface area contributed by atoms with Crippen LogP contribution in [0.3, 0.4) is 0 Å². The van der Waals surface area contributed by atoms with Gasteiger partial charge in [-0.3, -0.25) is 9.59 Å². The minimum atomic E-state index is -4.53. The summed E-state index contributed by atoms with van der Waals surface area (Å²) in [6.07, 6.45) is -0.817. The summed E-state index contributed by atoms with van der Waals surface area (Å²) in [5, 5.41) is 2.89. The maximum atomic E-state index is 13.2. The van der Waals surface area contributed by atoms with Crippen molar-refractivity contribution in [1.82, 2.24) is 20.2 Å². The Morgan fingerprint density at radius 2 is 1.61 bits per heavy atom. The maximum Gasteiger partial charge on any atom is 0.417 e. The lowest BCUT2D eigenvalue weighted by molar-refractivity contribution is -0.140. The highest BCUT2D eigenvalue weighted by molar-refractivity contribution is 5.94. The van der Waals surface area contributed by atoms with Gasteiger partial charge in [-0.2, -0.15) is 13.2 Å². The molecule has 1 saturated heterocycles. The highest BCUT2D eigenvalue weighted by atomic mass is 19.4. The van der Waals surface area contributed by atoms with Crippen molar-refractivity contribution < 1.29 is 22.8 Å². The monoisotopic (exact) mass is 434 g/mol. The van der Waals surface area contributed by atoms with Gasteiger partial charge in [-0.1, -0.05) is 39.0 Å². The number of amides is 2. The first-order chi connectivity index (χ1) is 14.5. The predicted octanol–water partition coefficient (Wildman–Crippen LogP) is 3.93. The van der Waals surface area contributed by atoms with E-state index in [1.807, 2.05) is 20.8 Å². The standard InChI is InChI=1S/C22H25F3N4O2/c1-21(2,3)20(31)29-10-8-15(9-11-29)28-19(30)14-12-26-18(27-13-14)16-6-4-5-7-17(16)22(23,24)25/h4-7,12-13,15H,8-11H2,1-3H3,(H,28,30). The maximum absolute atomic E-state index is 13.2. The zero-order valence-corrected chi connectivity index (χ0v) is 17.7. The fraction of sp³-hybridized carbons (Fsp3) is 0.455. The van der Waals surface area contributed by atoms with Crippen molar-refractivity contribution in [2.75, 3.05) is 13.1 Å². The number of piperidine rings is 1. The van der Waals surface area contributed by atoms with Crippen LogP contribution >= 0.6 is 0 Å². The molecule has 0 spiro atoms. The van der Waals surface area contributed by atoms with Gasteiger partial charge in [-0.25, -0.2) is 9.97 Å². The van der Waals surface area contributed by atoms with Crippen LogP contribution in [-0.2, 0) is 11.0 Å². The smallest absolute Gasteiger partial charge is 0.349 e. The van der Waals surface area contributed by atoms with Crippen LogP contribution in [0.1, 0.15) is 49.5 Å². The molecule has 2 aromatic rings. The third kappa shape index (κ3) is 5.39. The van der Waals surface area contributed by atoms with Crippen LogP contribution < -0.4 is 5.32 Å². The molecule has 1 N–H and O–H groups in total. The summed E-state index contributed by atoms with van der Waals surface area (Å²) in [7, 11) is 0. The fourth-order valence-electron chi connectivity index (χ4n) is 3.48. The summed E-state index contributed by atoms with van der Waals surface area (Å²) in [5.74, 6) is -0.407. The van der Waals surface area contributed by atoms with Crippen molar-refractivity contribution >= 4 is 11.8 Å². The van der Waals surface area contributed by atoms with E-state index in [0.29, 0.717) is 25.9 Å². The lowest BCUT2D eigenvalue weighted by Crippen LogP contribution is -2.49. The first-order valence-corrected chi connectivity index (χ1v) is 10.1. The molecule has 1 aliphatic heterocycles. The summed E-state index contributed by atoms with van der Waals surface area (Å²) in [5.41, 5.74) is -1.25. The molecule has 1 fully saturated rings. The Balaban J connectivity index is 1.63. The number of hydrogen-bond donors (Lipinski definition) is 1. The molecular weight excluding hydrogens is 409 g/mol.